The van der Waals surface area contributed by atoms with Crippen LogP contribution in [-0.2, 0) is 6.61 Å². The van der Waals surface area contributed by atoms with Gasteiger partial charge in [-0.25, -0.2) is 4.98 Å². The highest BCUT2D eigenvalue weighted by molar-refractivity contribution is 9.10. The fraction of sp³-hybridized carbons (Fsp3) is 0.0667. The molecule has 3 aromatic rings. The molecule has 0 unspecified atom stereocenters. The van der Waals surface area contributed by atoms with E-state index in [2.05, 4.69) is 27.0 Å². The Morgan fingerprint density at radius 1 is 1.29 bits per heavy atom. The summed E-state index contributed by atoms with van der Waals surface area (Å²) in [6.07, 6.45) is 0. The van der Waals surface area contributed by atoms with Gasteiger partial charge in [0, 0.05) is 10.2 Å². The number of imidazole rings is 1. The number of fused-ring (bicyclic) bond motifs is 1. The van der Waals surface area contributed by atoms with Crippen LogP contribution in [0.4, 0.5) is 5.69 Å². The van der Waals surface area contributed by atoms with Crippen LogP contribution in [0.1, 0.15) is 11.4 Å². The number of rotatable bonds is 2. The zero-order chi connectivity index (χ0) is 15.0. The second-order valence-corrected chi connectivity index (χ2v) is 5.40. The van der Waals surface area contributed by atoms with Crippen LogP contribution in [0.3, 0.4) is 0 Å². The third-order valence-electron chi connectivity index (χ3n) is 3.21. The molecule has 104 valence electrons. The molecule has 0 spiro atoms. The maximum absolute atomic E-state index is 9.56. The largest absolute Gasteiger partial charge is 0.399 e. The molecule has 0 fully saturated rings. The predicted octanol–water partition coefficient (Wildman–Crippen LogP) is 2.73. The highest BCUT2D eigenvalue weighted by atomic mass is 79.9. The number of aliphatic hydroxyl groups excluding tert-OH is 1. The van der Waals surface area contributed by atoms with E-state index in [4.69, 9.17) is 11.0 Å². The van der Waals surface area contributed by atoms with E-state index in [1.807, 2.05) is 16.7 Å². The molecule has 6 heteroatoms. The number of aliphatic hydroxyl groups is 1. The standard InChI is InChI=1S/C15H11BrN4O/c16-11-5-9(7-17)1-3-13(11)20-14-4-2-10(18)6-12(14)19-15(20)8-21/h1-6,21H,8,18H2. The number of nitrogens with zero attached hydrogens (tertiary/aromatic N) is 3. The average Bonchev–Trinajstić information content (AvgIpc) is 2.84. The van der Waals surface area contributed by atoms with Crippen molar-refractivity contribution in [1.82, 2.24) is 9.55 Å². The molecule has 0 bridgehead atoms. The van der Waals surface area contributed by atoms with Crippen LogP contribution in [0.15, 0.2) is 40.9 Å². The van der Waals surface area contributed by atoms with Gasteiger partial charge in [-0.2, -0.15) is 5.26 Å². The minimum absolute atomic E-state index is 0.193. The molecule has 3 N–H and O–H groups in total. The van der Waals surface area contributed by atoms with Crippen molar-refractivity contribution in [2.24, 2.45) is 0 Å². The van der Waals surface area contributed by atoms with Crippen molar-refractivity contribution in [1.29, 1.82) is 5.26 Å². The van der Waals surface area contributed by atoms with Crippen LogP contribution in [0.25, 0.3) is 16.7 Å². The first-order valence-electron chi connectivity index (χ1n) is 6.22. The van der Waals surface area contributed by atoms with Crippen molar-refractivity contribution in [3.63, 3.8) is 0 Å². The fourth-order valence-electron chi connectivity index (χ4n) is 2.28. The highest BCUT2D eigenvalue weighted by Gasteiger charge is 2.14. The number of nitriles is 1. The molecule has 21 heavy (non-hydrogen) atoms. The molecule has 0 saturated heterocycles. The van der Waals surface area contributed by atoms with Crippen LogP contribution in [-0.4, -0.2) is 14.7 Å². The Kier molecular flexibility index (Phi) is 3.37. The van der Waals surface area contributed by atoms with Crippen molar-refractivity contribution < 1.29 is 5.11 Å². The van der Waals surface area contributed by atoms with Gasteiger partial charge in [0.25, 0.3) is 0 Å². The fourth-order valence-corrected chi connectivity index (χ4v) is 2.84. The van der Waals surface area contributed by atoms with Gasteiger partial charge in [-0.05, 0) is 52.3 Å². The first-order valence-corrected chi connectivity index (χ1v) is 7.01. The molecular formula is C15H11BrN4O. The maximum Gasteiger partial charge on any atom is 0.140 e. The van der Waals surface area contributed by atoms with Crippen LogP contribution in [0.2, 0.25) is 0 Å². The second kappa shape index (κ2) is 5.20. The van der Waals surface area contributed by atoms with E-state index in [-0.39, 0.29) is 6.61 Å². The van der Waals surface area contributed by atoms with Gasteiger partial charge in [-0.3, -0.25) is 4.57 Å². The van der Waals surface area contributed by atoms with Gasteiger partial charge >= 0.3 is 0 Å². The molecule has 1 aromatic heterocycles. The van der Waals surface area contributed by atoms with Crippen molar-refractivity contribution in [2.75, 3.05) is 5.73 Å². The average molecular weight is 343 g/mol. The molecule has 0 aliphatic carbocycles. The number of anilines is 1. The van der Waals surface area contributed by atoms with E-state index in [9.17, 15) is 5.11 Å². The summed E-state index contributed by atoms with van der Waals surface area (Å²) in [6.45, 7) is -0.193. The van der Waals surface area contributed by atoms with Crippen molar-refractivity contribution in [3.8, 4) is 11.8 Å². The number of benzene rings is 2. The first kappa shape index (κ1) is 13.6. The van der Waals surface area contributed by atoms with Gasteiger partial charge in [0.05, 0.1) is 28.4 Å². The van der Waals surface area contributed by atoms with E-state index in [1.54, 1.807) is 24.3 Å². The Balaban J connectivity index is 2.31. The molecule has 3 rings (SSSR count). The van der Waals surface area contributed by atoms with E-state index < -0.39 is 0 Å². The molecule has 0 aliphatic heterocycles. The second-order valence-electron chi connectivity index (χ2n) is 4.55. The summed E-state index contributed by atoms with van der Waals surface area (Å²) in [5.41, 5.74) is 9.33. The molecule has 2 aromatic carbocycles. The predicted molar refractivity (Wildman–Crippen MR) is 83.8 cm³/mol. The number of nitrogens with two attached hydrogens (primary N) is 1. The van der Waals surface area contributed by atoms with Crippen LogP contribution in [0.5, 0.6) is 0 Å². The molecule has 0 aliphatic rings. The van der Waals surface area contributed by atoms with E-state index in [1.165, 1.54) is 0 Å². The lowest BCUT2D eigenvalue weighted by atomic mass is 10.2. The minimum atomic E-state index is -0.193. The summed E-state index contributed by atoms with van der Waals surface area (Å²) in [5.74, 6) is 0.515. The summed E-state index contributed by atoms with van der Waals surface area (Å²) in [4.78, 5) is 4.40. The Morgan fingerprint density at radius 3 is 2.76 bits per heavy atom. The van der Waals surface area contributed by atoms with Gasteiger partial charge in [-0.1, -0.05) is 0 Å². The number of hydrogen-bond donors (Lipinski definition) is 2. The molecular weight excluding hydrogens is 332 g/mol. The van der Waals surface area contributed by atoms with Gasteiger partial charge in [0.1, 0.15) is 12.4 Å². The van der Waals surface area contributed by atoms with Crippen molar-refractivity contribution in [3.05, 3.63) is 52.3 Å². The Hall–Kier alpha value is -2.36. The highest BCUT2D eigenvalue weighted by Crippen LogP contribution is 2.29. The van der Waals surface area contributed by atoms with Crippen LogP contribution >= 0.6 is 15.9 Å². The van der Waals surface area contributed by atoms with E-state index in [0.29, 0.717) is 17.1 Å². The summed E-state index contributed by atoms with van der Waals surface area (Å²) in [7, 11) is 0. The molecule has 0 saturated carbocycles. The minimum Gasteiger partial charge on any atom is -0.399 e. The molecule has 0 radical (unpaired) electrons. The number of halogens is 1. The van der Waals surface area contributed by atoms with Crippen LogP contribution < -0.4 is 5.73 Å². The Bertz CT molecular complexity index is 879. The van der Waals surface area contributed by atoms with E-state index >= 15 is 0 Å². The lowest BCUT2D eigenvalue weighted by Gasteiger charge is -2.10. The third-order valence-corrected chi connectivity index (χ3v) is 3.84. The van der Waals surface area contributed by atoms with E-state index in [0.717, 1.165) is 21.2 Å². The van der Waals surface area contributed by atoms with Gasteiger partial charge in [0.2, 0.25) is 0 Å². The smallest absolute Gasteiger partial charge is 0.140 e. The van der Waals surface area contributed by atoms with Crippen LogP contribution in [0, 0.1) is 11.3 Å². The zero-order valence-corrected chi connectivity index (χ0v) is 12.5. The Morgan fingerprint density at radius 2 is 2.10 bits per heavy atom. The maximum atomic E-state index is 9.56. The summed E-state index contributed by atoms with van der Waals surface area (Å²) < 4.78 is 2.60. The normalized spacial score (nSPS) is 10.7. The number of aromatic nitrogens is 2. The topological polar surface area (TPSA) is 87.9 Å². The number of nitrogen functional groups attached to an aromatic ring is 1. The SMILES string of the molecule is N#Cc1ccc(-n2c(CO)nc3cc(N)ccc32)c(Br)c1. The molecule has 0 atom stereocenters. The number of hydrogen-bond acceptors (Lipinski definition) is 4. The first-order chi connectivity index (χ1) is 10.1. The van der Waals surface area contributed by atoms with Crippen molar-refractivity contribution in [2.45, 2.75) is 6.61 Å². The summed E-state index contributed by atoms with van der Waals surface area (Å²) >= 11 is 3.47. The third kappa shape index (κ3) is 2.27. The Labute approximate surface area is 129 Å². The van der Waals surface area contributed by atoms with Gasteiger partial charge in [0.15, 0.2) is 0 Å². The lowest BCUT2D eigenvalue weighted by molar-refractivity contribution is 0.270. The van der Waals surface area contributed by atoms with Crippen molar-refractivity contribution >= 4 is 32.7 Å². The van der Waals surface area contributed by atoms with Gasteiger partial charge < -0.3 is 10.8 Å². The summed E-state index contributed by atoms with van der Waals surface area (Å²) in [6, 6.07) is 12.8. The zero-order valence-electron chi connectivity index (χ0n) is 10.9. The molecule has 5 nitrogen and oxygen atoms in total. The quantitative estimate of drug-likeness (QED) is 0.701. The summed E-state index contributed by atoms with van der Waals surface area (Å²) in [5, 5.41) is 18.5. The lowest BCUT2D eigenvalue weighted by Crippen LogP contribution is -2.02. The molecule has 0 amide bonds. The monoisotopic (exact) mass is 342 g/mol. The molecule has 1 heterocycles. The van der Waals surface area contributed by atoms with Gasteiger partial charge in [-0.15, -0.1) is 0 Å².